The van der Waals surface area contributed by atoms with Gasteiger partial charge in [-0.2, -0.15) is 0 Å². The van der Waals surface area contributed by atoms with Crippen molar-refractivity contribution in [2.24, 2.45) is 0 Å². The van der Waals surface area contributed by atoms with Crippen LogP contribution in [0.25, 0.3) is 0 Å². The summed E-state index contributed by atoms with van der Waals surface area (Å²) in [6.45, 7) is 3.19. The van der Waals surface area contributed by atoms with E-state index in [1.807, 2.05) is 0 Å². The average molecular weight is 303 g/mol. The van der Waals surface area contributed by atoms with Crippen LogP contribution in [0.15, 0.2) is 18.2 Å². The molecule has 7 heteroatoms. The molecule has 0 aromatic heterocycles. The zero-order chi connectivity index (χ0) is 15.1. The highest BCUT2D eigenvalue weighted by molar-refractivity contribution is 7.92. The molecule has 110 valence electrons. The van der Waals surface area contributed by atoms with Crippen molar-refractivity contribution in [3.63, 3.8) is 0 Å². The second-order valence-electron chi connectivity index (χ2n) is 4.97. The quantitative estimate of drug-likeness (QED) is 0.792. The van der Waals surface area contributed by atoms with Gasteiger partial charge in [0.05, 0.1) is 11.0 Å². The molecule has 0 N–H and O–H groups in total. The van der Waals surface area contributed by atoms with Crippen molar-refractivity contribution >= 4 is 15.7 Å². The van der Waals surface area contributed by atoms with E-state index in [1.54, 1.807) is 6.92 Å². The molecule has 1 fully saturated rings. The molecule has 2 rings (SSSR count). The smallest absolute Gasteiger partial charge is 0.254 e. The molecule has 0 aliphatic carbocycles. The molecule has 0 bridgehead atoms. The first-order valence-corrected chi connectivity index (χ1v) is 7.92. The van der Waals surface area contributed by atoms with Crippen LogP contribution in [-0.2, 0) is 9.84 Å². The van der Waals surface area contributed by atoms with Crippen molar-refractivity contribution < 1.29 is 22.0 Å². The van der Waals surface area contributed by atoms with Crippen molar-refractivity contribution in [3.8, 4) is 0 Å². The molecule has 1 aliphatic rings. The van der Waals surface area contributed by atoms with Crippen molar-refractivity contribution in [2.45, 2.75) is 25.1 Å². The summed E-state index contributed by atoms with van der Waals surface area (Å²) in [6, 6.07) is 2.05. The highest BCUT2D eigenvalue weighted by Crippen LogP contribution is 2.22. The van der Waals surface area contributed by atoms with Crippen molar-refractivity contribution in [3.05, 3.63) is 35.4 Å². The second kappa shape index (κ2) is 5.12. The molecule has 0 unspecified atom stereocenters. The summed E-state index contributed by atoms with van der Waals surface area (Å²) < 4.78 is 49.8. The normalized spacial score (nSPS) is 25.5. The Morgan fingerprint density at radius 3 is 2.30 bits per heavy atom. The maximum absolute atomic E-state index is 13.1. The molecule has 20 heavy (non-hydrogen) atoms. The minimum absolute atomic E-state index is 0.0325. The summed E-state index contributed by atoms with van der Waals surface area (Å²) in [4.78, 5) is 13.6. The summed E-state index contributed by atoms with van der Waals surface area (Å²) in [5.74, 6) is -2.36. The van der Waals surface area contributed by atoms with Crippen LogP contribution < -0.4 is 0 Å². The molecule has 1 heterocycles. The van der Waals surface area contributed by atoms with Gasteiger partial charge in [-0.15, -0.1) is 0 Å². The van der Waals surface area contributed by atoms with Crippen LogP contribution in [0.4, 0.5) is 8.78 Å². The molecular weight excluding hydrogens is 288 g/mol. The fourth-order valence-corrected chi connectivity index (χ4v) is 3.87. The standard InChI is InChI=1S/C13H15F2NO3S/c1-8-9(2)20(18,19)4-3-16(8)13(17)10-5-11(14)7-12(15)6-10/h5-9H,3-4H2,1-2H3/t8-,9+/m1/s1. The molecule has 1 amide bonds. The summed E-state index contributed by atoms with van der Waals surface area (Å²) in [5, 5.41) is -0.696. The number of benzene rings is 1. The topological polar surface area (TPSA) is 54.5 Å². The van der Waals surface area contributed by atoms with Gasteiger partial charge in [0.15, 0.2) is 9.84 Å². The maximum atomic E-state index is 13.1. The van der Waals surface area contributed by atoms with Gasteiger partial charge in [0, 0.05) is 24.2 Å². The Morgan fingerprint density at radius 2 is 1.75 bits per heavy atom. The fraction of sp³-hybridized carbons (Fsp3) is 0.462. The van der Waals surface area contributed by atoms with Gasteiger partial charge in [-0.1, -0.05) is 0 Å². The zero-order valence-electron chi connectivity index (χ0n) is 11.1. The summed E-state index contributed by atoms with van der Waals surface area (Å²) in [6.07, 6.45) is 0. The first kappa shape index (κ1) is 14.9. The number of halogens is 2. The second-order valence-corrected chi connectivity index (χ2v) is 7.45. The average Bonchev–Trinajstić information content (AvgIpc) is 2.34. The third-order valence-electron chi connectivity index (χ3n) is 3.72. The number of rotatable bonds is 1. The molecule has 1 aromatic carbocycles. The SMILES string of the molecule is C[C@@H]1[C@H](C)S(=O)(=O)CCN1C(=O)c1cc(F)cc(F)c1. The van der Waals surface area contributed by atoms with Crippen LogP contribution in [0.3, 0.4) is 0 Å². The largest absolute Gasteiger partial charge is 0.334 e. The van der Waals surface area contributed by atoms with Crippen LogP contribution >= 0.6 is 0 Å². The van der Waals surface area contributed by atoms with E-state index >= 15 is 0 Å². The van der Waals surface area contributed by atoms with Gasteiger partial charge in [-0.25, -0.2) is 17.2 Å². The third kappa shape index (κ3) is 2.67. The third-order valence-corrected chi connectivity index (χ3v) is 6.00. The highest BCUT2D eigenvalue weighted by Gasteiger charge is 2.38. The summed E-state index contributed by atoms with van der Waals surface area (Å²) >= 11 is 0. The van der Waals surface area contributed by atoms with E-state index in [-0.39, 0.29) is 17.9 Å². The molecule has 0 saturated carbocycles. The van der Waals surface area contributed by atoms with Gasteiger partial charge in [0.25, 0.3) is 5.91 Å². The molecule has 1 saturated heterocycles. The van der Waals surface area contributed by atoms with Crippen LogP contribution in [0, 0.1) is 11.6 Å². The van der Waals surface area contributed by atoms with Gasteiger partial charge in [0.2, 0.25) is 0 Å². The van der Waals surface area contributed by atoms with E-state index in [1.165, 1.54) is 11.8 Å². The number of nitrogens with zero attached hydrogens (tertiary/aromatic N) is 1. The zero-order valence-corrected chi connectivity index (χ0v) is 12.0. The molecule has 4 nitrogen and oxygen atoms in total. The van der Waals surface area contributed by atoms with Crippen LogP contribution in [0.1, 0.15) is 24.2 Å². The first-order valence-electron chi connectivity index (χ1n) is 6.21. The molecule has 2 atom stereocenters. The molecule has 1 aliphatic heterocycles. The van der Waals surface area contributed by atoms with Gasteiger partial charge in [-0.3, -0.25) is 4.79 Å². The van der Waals surface area contributed by atoms with Gasteiger partial charge >= 0.3 is 0 Å². The summed E-state index contributed by atoms with van der Waals surface area (Å²) in [5.41, 5.74) is -0.110. The maximum Gasteiger partial charge on any atom is 0.254 e. The predicted molar refractivity (Wildman–Crippen MR) is 70.1 cm³/mol. The fourth-order valence-electron chi connectivity index (χ4n) is 2.30. The lowest BCUT2D eigenvalue weighted by atomic mass is 10.1. The molecule has 0 spiro atoms. The lowest BCUT2D eigenvalue weighted by molar-refractivity contribution is 0.0692. The van der Waals surface area contributed by atoms with E-state index in [9.17, 15) is 22.0 Å². The van der Waals surface area contributed by atoms with Crippen molar-refractivity contribution in [1.29, 1.82) is 0 Å². The monoisotopic (exact) mass is 303 g/mol. The van der Waals surface area contributed by atoms with Crippen LogP contribution in [0.2, 0.25) is 0 Å². The number of hydrogen-bond donors (Lipinski definition) is 0. The molecule has 1 aromatic rings. The highest BCUT2D eigenvalue weighted by atomic mass is 32.2. The van der Waals surface area contributed by atoms with Gasteiger partial charge in [-0.05, 0) is 26.0 Å². The number of carbonyl (C=O) groups excluding carboxylic acids is 1. The van der Waals surface area contributed by atoms with E-state index in [0.29, 0.717) is 6.07 Å². The van der Waals surface area contributed by atoms with Crippen molar-refractivity contribution in [1.82, 2.24) is 4.90 Å². The Labute approximate surface area is 116 Å². The minimum atomic E-state index is -3.22. The summed E-state index contributed by atoms with van der Waals surface area (Å²) in [7, 11) is -3.22. The van der Waals surface area contributed by atoms with E-state index in [4.69, 9.17) is 0 Å². The Hall–Kier alpha value is -1.50. The lowest BCUT2D eigenvalue weighted by Crippen LogP contribution is -2.54. The number of sulfone groups is 1. The van der Waals surface area contributed by atoms with Gasteiger partial charge in [0.1, 0.15) is 11.6 Å². The van der Waals surface area contributed by atoms with Crippen molar-refractivity contribution in [2.75, 3.05) is 12.3 Å². The van der Waals surface area contributed by atoms with E-state index in [2.05, 4.69) is 0 Å². The number of hydrogen-bond acceptors (Lipinski definition) is 3. The Balaban J connectivity index is 2.30. The predicted octanol–water partition coefficient (Wildman–Crippen LogP) is 1.61. The number of amides is 1. The lowest BCUT2D eigenvalue weighted by Gasteiger charge is -2.37. The first-order chi connectivity index (χ1) is 9.22. The van der Waals surface area contributed by atoms with Crippen LogP contribution in [-0.4, -0.2) is 42.8 Å². The number of carbonyl (C=O) groups is 1. The van der Waals surface area contributed by atoms with Gasteiger partial charge < -0.3 is 4.90 Å². The molecule has 0 radical (unpaired) electrons. The van der Waals surface area contributed by atoms with E-state index in [0.717, 1.165) is 12.1 Å². The Bertz CT molecular complexity index is 625. The Morgan fingerprint density at radius 1 is 1.20 bits per heavy atom. The van der Waals surface area contributed by atoms with Crippen LogP contribution in [0.5, 0.6) is 0 Å². The van der Waals surface area contributed by atoms with E-state index < -0.39 is 38.7 Å². The molecular formula is C13H15F2NO3S. The Kier molecular flexibility index (Phi) is 3.82. The minimum Gasteiger partial charge on any atom is -0.334 e.